The Labute approximate surface area is 532 Å². The van der Waals surface area contributed by atoms with Gasteiger partial charge in [0.05, 0.1) is 22.4 Å². The molecule has 428 valence electrons. The van der Waals surface area contributed by atoms with E-state index in [2.05, 4.69) is 307 Å². The second-order valence-electron chi connectivity index (χ2n) is 23.7. The molecule has 14 aromatic carbocycles. The lowest BCUT2D eigenvalue weighted by Crippen LogP contribution is -1.93. The van der Waals surface area contributed by atoms with E-state index < -0.39 is 0 Å². The monoisotopic (exact) mass is 1170 g/mol. The molecule has 0 unspecified atom stereocenters. The van der Waals surface area contributed by atoms with Crippen LogP contribution in [0.15, 0.2) is 340 Å². The van der Waals surface area contributed by atoms with E-state index in [1.54, 1.807) is 6.20 Å². The molecule has 4 heteroatoms. The molecule has 0 spiro atoms. The summed E-state index contributed by atoms with van der Waals surface area (Å²) in [6.07, 6.45) is 7.38. The van der Waals surface area contributed by atoms with E-state index in [1.807, 2.05) is 36.8 Å². The number of pyridine rings is 4. The van der Waals surface area contributed by atoms with Gasteiger partial charge in [0, 0.05) is 57.5 Å². The van der Waals surface area contributed by atoms with Gasteiger partial charge >= 0.3 is 0 Å². The molecule has 0 saturated heterocycles. The highest BCUT2D eigenvalue weighted by Crippen LogP contribution is 2.44. The second-order valence-corrected chi connectivity index (χ2v) is 23.7. The first-order valence-electron chi connectivity index (χ1n) is 31.3. The van der Waals surface area contributed by atoms with Gasteiger partial charge in [-0.2, -0.15) is 0 Å². The van der Waals surface area contributed by atoms with Crippen molar-refractivity contribution in [1.29, 1.82) is 0 Å². The Morgan fingerprint density at radius 2 is 0.489 bits per heavy atom. The van der Waals surface area contributed by atoms with Crippen LogP contribution in [0.4, 0.5) is 0 Å². The number of hydrogen-bond donors (Lipinski definition) is 0. The lowest BCUT2D eigenvalue weighted by Gasteiger charge is -2.16. The van der Waals surface area contributed by atoms with Gasteiger partial charge in [0.1, 0.15) is 0 Å². The summed E-state index contributed by atoms with van der Waals surface area (Å²) in [7, 11) is 0. The van der Waals surface area contributed by atoms with Crippen molar-refractivity contribution in [2.24, 2.45) is 0 Å². The summed E-state index contributed by atoms with van der Waals surface area (Å²) in [6.45, 7) is 0. The molecular formula is C88H56N4. The van der Waals surface area contributed by atoms with Crippen molar-refractivity contribution < 1.29 is 0 Å². The maximum atomic E-state index is 5.40. The van der Waals surface area contributed by atoms with Crippen LogP contribution in [-0.2, 0) is 0 Å². The van der Waals surface area contributed by atoms with Gasteiger partial charge < -0.3 is 0 Å². The first kappa shape index (κ1) is 54.0. The van der Waals surface area contributed by atoms with Crippen LogP contribution in [-0.4, -0.2) is 19.9 Å². The number of nitrogens with zero attached hydrogens (tertiary/aromatic N) is 4. The highest BCUT2D eigenvalue weighted by molar-refractivity contribution is 6.18. The van der Waals surface area contributed by atoms with E-state index in [9.17, 15) is 0 Å². The van der Waals surface area contributed by atoms with Crippen molar-refractivity contribution in [2.75, 3.05) is 0 Å². The predicted octanol–water partition coefficient (Wildman–Crippen LogP) is 23.5. The first-order chi connectivity index (χ1) is 45.6. The number of rotatable bonds is 8. The number of benzene rings is 14. The Balaban J connectivity index is 0.000000141. The predicted molar refractivity (Wildman–Crippen MR) is 388 cm³/mol. The molecule has 92 heavy (non-hydrogen) atoms. The summed E-state index contributed by atoms with van der Waals surface area (Å²) in [5.74, 6) is 0. The molecule has 0 aliphatic heterocycles. The summed E-state index contributed by atoms with van der Waals surface area (Å²) in [5.41, 5.74) is 20.2. The maximum absolute atomic E-state index is 5.40. The number of hydrogen-bond acceptors (Lipinski definition) is 4. The zero-order chi connectivity index (χ0) is 60.9. The normalized spacial score (nSPS) is 11.5. The lowest BCUT2D eigenvalue weighted by molar-refractivity contribution is 1.33. The number of fused-ring (bicyclic) bond motifs is 10. The van der Waals surface area contributed by atoms with E-state index in [0.717, 1.165) is 77.3 Å². The van der Waals surface area contributed by atoms with E-state index in [-0.39, 0.29) is 0 Å². The molecule has 4 heterocycles. The Bertz CT molecular complexity index is 5500. The van der Waals surface area contributed by atoms with Crippen molar-refractivity contribution >= 4 is 86.4 Å². The lowest BCUT2D eigenvalue weighted by atomic mass is 9.90. The van der Waals surface area contributed by atoms with E-state index in [1.165, 1.54) is 98.4 Å². The highest BCUT2D eigenvalue weighted by Gasteiger charge is 2.20. The average Bonchev–Trinajstić information content (AvgIpc) is 0.750. The Kier molecular flexibility index (Phi) is 13.5. The molecule has 4 aromatic heterocycles. The van der Waals surface area contributed by atoms with Crippen molar-refractivity contribution in [2.45, 2.75) is 0 Å². The third-order valence-electron chi connectivity index (χ3n) is 18.3. The van der Waals surface area contributed by atoms with Crippen LogP contribution in [0.3, 0.4) is 0 Å². The fraction of sp³-hybridized carbons (Fsp3) is 0. The van der Waals surface area contributed by atoms with Crippen LogP contribution >= 0.6 is 0 Å². The molecule has 0 radical (unpaired) electrons. The van der Waals surface area contributed by atoms with E-state index >= 15 is 0 Å². The van der Waals surface area contributed by atoms with Gasteiger partial charge in [-0.05, 0) is 187 Å². The van der Waals surface area contributed by atoms with Crippen molar-refractivity contribution in [3.63, 3.8) is 0 Å². The molecule has 18 aromatic rings. The SMILES string of the molecule is c1ccc2cc(-c3cc4c(-c5ccc6ccccc6c5)cc(-c5ccc(-c6ccncc6)cc5)nc4c4ccccc34)ccc2c1.c1cncc(-c2ccc(-c3cc(-c4ccc5ccccc5c4)c4cc(-c5ccc6ccccc6c5)c5ccccc5c4n3)cc2)c1. The summed E-state index contributed by atoms with van der Waals surface area (Å²) >= 11 is 0. The van der Waals surface area contributed by atoms with Gasteiger partial charge in [0.15, 0.2) is 0 Å². The number of aromatic nitrogens is 4. The molecule has 4 nitrogen and oxygen atoms in total. The van der Waals surface area contributed by atoms with E-state index in [0.29, 0.717) is 0 Å². The van der Waals surface area contributed by atoms with Gasteiger partial charge in [-0.15, -0.1) is 0 Å². The largest absolute Gasteiger partial charge is 0.265 e. The fourth-order valence-electron chi connectivity index (χ4n) is 13.5. The minimum atomic E-state index is 0.956. The minimum absolute atomic E-state index is 0.956. The standard InChI is InChI=1S/2C44H28N2/c1-3-10-33-24-35(21-17-29(33)8-1)40-26-42-41(36-22-18-30-9-2-4-11-34(30)25-36)27-43(46-44(42)39-14-6-5-13-38(39)40)32-19-15-31(16-20-32)37-12-7-23-45-28-37;1-3-9-34-25-36(19-15-29(34)7-1)40-27-42-41(37-20-16-30-8-2-4-10-35(30)26-37)28-43(46-44(42)39-12-6-5-11-38(39)40)33-17-13-31(14-18-33)32-21-23-45-24-22-32/h2*1-28H. The Morgan fingerprint density at radius 3 is 0.870 bits per heavy atom. The maximum Gasteiger partial charge on any atom is 0.0794 e. The van der Waals surface area contributed by atoms with Crippen LogP contribution in [0.5, 0.6) is 0 Å². The van der Waals surface area contributed by atoms with Crippen LogP contribution in [0.2, 0.25) is 0 Å². The van der Waals surface area contributed by atoms with Crippen LogP contribution in [0.1, 0.15) is 0 Å². The average molecular weight is 1170 g/mol. The zero-order valence-corrected chi connectivity index (χ0v) is 50.1. The van der Waals surface area contributed by atoms with Crippen LogP contribution < -0.4 is 0 Å². The van der Waals surface area contributed by atoms with Crippen molar-refractivity contribution in [3.8, 4) is 89.3 Å². The van der Waals surface area contributed by atoms with Gasteiger partial charge in [0.2, 0.25) is 0 Å². The zero-order valence-electron chi connectivity index (χ0n) is 50.1. The van der Waals surface area contributed by atoms with E-state index in [4.69, 9.17) is 9.97 Å². The Morgan fingerprint density at radius 1 is 0.174 bits per heavy atom. The molecule has 0 amide bonds. The molecule has 18 rings (SSSR count). The van der Waals surface area contributed by atoms with Crippen LogP contribution in [0, 0.1) is 0 Å². The quantitative estimate of drug-likeness (QED) is 0.142. The molecule has 0 aliphatic rings. The third-order valence-corrected chi connectivity index (χ3v) is 18.3. The molecule has 0 aliphatic carbocycles. The smallest absolute Gasteiger partial charge is 0.0794 e. The summed E-state index contributed by atoms with van der Waals surface area (Å²) in [5, 5.41) is 16.9. The summed E-state index contributed by atoms with van der Waals surface area (Å²) < 4.78 is 0. The molecule has 0 bridgehead atoms. The molecule has 0 atom stereocenters. The molecule has 0 saturated carbocycles. The first-order valence-corrected chi connectivity index (χ1v) is 31.3. The fourth-order valence-corrected chi connectivity index (χ4v) is 13.5. The van der Waals surface area contributed by atoms with Crippen molar-refractivity contribution in [3.05, 3.63) is 340 Å². The topological polar surface area (TPSA) is 51.6 Å². The van der Waals surface area contributed by atoms with Crippen molar-refractivity contribution in [1.82, 2.24) is 19.9 Å². The summed E-state index contributed by atoms with van der Waals surface area (Å²) in [4.78, 5) is 19.3. The molecule has 0 fully saturated rings. The van der Waals surface area contributed by atoms with Gasteiger partial charge in [-0.25, -0.2) is 9.97 Å². The highest BCUT2D eigenvalue weighted by atomic mass is 14.7. The molecular weight excluding hydrogens is 1110 g/mol. The molecule has 0 N–H and O–H groups in total. The van der Waals surface area contributed by atoms with Crippen LogP contribution in [0.25, 0.3) is 176 Å². The summed E-state index contributed by atoms with van der Waals surface area (Å²) in [6, 6.07) is 114. The minimum Gasteiger partial charge on any atom is -0.265 e. The van der Waals surface area contributed by atoms with Gasteiger partial charge in [-0.3, -0.25) is 9.97 Å². The second kappa shape index (κ2) is 23.0. The van der Waals surface area contributed by atoms with Gasteiger partial charge in [0.25, 0.3) is 0 Å². The Hall–Kier alpha value is -12.2. The van der Waals surface area contributed by atoms with Gasteiger partial charge in [-0.1, -0.05) is 249 Å². The third kappa shape index (κ3) is 10.0.